The maximum absolute atomic E-state index is 13.0. The summed E-state index contributed by atoms with van der Waals surface area (Å²) in [6, 6.07) is 8.83. The van der Waals surface area contributed by atoms with Crippen molar-refractivity contribution in [3.63, 3.8) is 0 Å². The van der Waals surface area contributed by atoms with Crippen molar-refractivity contribution >= 4 is 29.1 Å². The smallest absolute Gasteiger partial charge is 0.261 e. The second-order valence-electron chi connectivity index (χ2n) is 7.78. The lowest BCUT2D eigenvalue weighted by atomic mass is 10.2. The number of benzene rings is 1. The summed E-state index contributed by atoms with van der Waals surface area (Å²) in [6.45, 7) is 5.85. The van der Waals surface area contributed by atoms with Crippen LogP contribution in [0, 0.1) is 0 Å². The second-order valence-corrected chi connectivity index (χ2v) is 8.21. The summed E-state index contributed by atoms with van der Waals surface area (Å²) < 4.78 is 14.0. The van der Waals surface area contributed by atoms with E-state index in [0.29, 0.717) is 55.2 Å². The van der Waals surface area contributed by atoms with E-state index in [1.165, 1.54) is 17.4 Å². The molecule has 0 aliphatic heterocycles. The normalized spacial score (nSPS) is 11.3. The highest BCUT2D eigenvalue weighted by Gasteiger charge is 2.20. The van der Waals surface area contributed by atoms with E-state index in [-0.39, 0.29) is 11.5 Å². The van der Waals surface area contributed by atoms with Gasteiger partial charge in [0.2, 0.25) is 11.7 Å². The molecule has 2 aromatic heterocycles. The van der Waals surface area contributed by atoms with Gasteiger partial charge in [-0.25, -0.2) is 4.98 Å². The van der Waals surface area contributed by atoms with Gasteiger partial charge < -0.3 is 9.47 Å². The highest BCUT2D eigenvalue weighted by atomic mass is 35.5. The van der Waals surface area contributed by atoms with E-state index in [0.717, 1.165) is 24.8 Å². The summed E-state index contributed by atoms with van der Waals surface area (Å²) in [7, 11) is 1.61. The minimum atomic E-state index is -0.244. The van der Waals surface area contributed by atoms with Crippen LogP contribution in [0.1, 0.15) is 33.1 Å². The maximum atomic E-state index is 13.0. The molecule has 2 heterocycles. The van der Waals surface area contributed by atoms with Gasteiger partial charge in [0.1, 0.15) is 5.82 Å². The van der Waals surface area contributed by atoms with E-state index in [1.807, 2.05) is 16.7 Å². The molecule has 0 N–H and O–H groups in total. The molecule has 3 rings (SSSR count). The minimum Gasteiger partial charge on any atom is -0.382 e. The number of halogens is 1. The molecule has 9 heteroatoms. The first-order chi connectivity index (χ1) is 16.0. The number of anilines is 1. The van der Waals surface area contributed by atoms with Gasteiger partial charge >= 0.3 is 0 Å². The van der Waals surface area contributed by atoms with Crippen LogP contribution >= 0.6 is 11.6 Å². The molecule has 33 heavy (non-hydrogen) atoms. The number of rotatable bonds is 12. The lowest BCUT2D eigenvalue weighted by molar-refractivity contribution is -0.116. The quantitative estimate of drug-likeness (QED) is 0.370. The monoisotopic (exact) mass is 474 g/mol. The zero-order chi connectivity index (χ0) is 23.8. The molecule has 1 amide bonds. The van der Waals surface area contributed by atoms with Crippen LogP contribution in [0.3, 0.4) is 0 Å². The number of methoxy groups -OCH3 is 1. The van der Waals surface area contributed by atoms with Crippen LogP contribution in [0.5, 0.6) is 0 Å². The van der Waals surface area contributed by atoms with E-state index >= 15 is 0 Å². The van der Waals surface area contributed by atoms with Gasteiger partial charge in [-0.3, -0.25) is 23.5 Å². The standard InChI is InChI=1S/C24H31ClN4O4/c1-4-5-6-11-28-22(27(18(2)30)12-13-33-15-14-32-3)16-23(31)29-17-21(26-24(28)29)19-7-9-20(25)10-8-19/h7-10,16-17H,4-6,11-15H2,1-3H3. The lowest BCUT2D eigenvalue weighted by Crippen LogP contribution is -2.36. The Kier molecular flexibility index (Phi) is 9.05. The number of unbranched alkanes of at least 4 members (excludes halogenated alkanes) is 2. The summed E-state index contributed by atoms with van der Waals surface area (Å²) in [6.07, 6.45) is 4.72. The largest absolute Gasteiger partial charge is 0.382 e. The van der Waals surface area contributed by atoms with Crippen LogP contribution in [0.4, 0.5) is 5.82 Å². The van der Waals surface area contributed by atoms with Crippen molar-refractivity contribution < 1.29 is 14.3 Å². The van der Waals surface area contributed by atoms with E-state index in [4.69, 9.17) is 26.1 Å². The van der Waals surface area contributed by atoms with Crippen molar-refractivity contribution in [2.45, 2.75) is 39.7 Å². The average Bonchev–Trinajstić information content (AvgIpc) is 3.24. The molecule has 0 fully saturated rings. The fraction of sp³-hybridized carbons (Fsp3) is 0.458. The molecule has 0 aliphatic rings. The van der Waals surface area contributed by atoms with Crippen molar-refractivity contribution in [3.8, 4) is 11.3 Å². The number of hydrogen-bond donors (Lipinski definition) is 0. The second kappa shape index (κ2) is 12.0. The Morgan fingerprint density at radius 1 is 1.15 bits per heavy atom. The number of carbonyl (C=O) groups excluding carboxylic acids is 1. The van der Waals surface area contributed by atoms with Gasteiger partial charge in [0.15, 0.2) is 0 Å². The molecule has 0 spiro atoms. The number of imidazole rings is 1. The zero-order valence-electron chi connectivity index (χ0n) is 19.4. The first kappa shape index (κ1) is 25.0. The zero-order valence-corrected chi connectivity index (χ0v) is 20.2. The Balaban J connectivity index is 2.04. The summed E-state index contributed by atoms with van der Waals surface area (Å²) in [5, 5.41) is 0.633. The highest BCUT2D eigenvalue weighted by Crippen LogP contribution is 2.23. The number of aromatic nitrogens is 3. The van der Waals surface area contributed by atoms with Crippen molar-refractivity contribution in [2.24, 2.45) is 0 Å². The fourth-order valence-corrected chi connectivity index (χ4v) is 3.76. The van der Waals surface area contributed by atoms with E-state index in [1.54, 1.807) is 30.3 Å². The Morgan fingerprint density at radius 2 is 1.91 bits per heavy atom. The maximum Gasteiger partial charge on any atom is 0.261 e. The minimum absolute atomic E-state index is 0.164. The van der Waals surface area contributed by atoms with Crippen LogP contribution in [-0.2, 0) is 20.8 Å². The molecule has 0 saturated carbocycles. The van der Waals surface area contributed by atoms with Crippen LogP contribution in [0.25, 0.3) is 17.0 Å². The van der Waals surface area contributed by atoms with Crippen molar-refractivity contribution in [1.82, 2.24) is 14.0 Å². The molecule has 0 saturated heterocycles. The molecule has 0 bridgehead atoms. The molecule has 0 atom stereocenters. The lowest BCUT2D eigenvalue weighted by Gasteiger charge is -2.25. The van der Waals surface area contributed by atoms with Crippen LogP contribution in [0.2, 0.25) is 5.02 Å². The molecular formula is C24H31ClN4O4. The Bertz CT molecular complexity index is 1120. The van der Waals surface area contributed by atoms with Crippen LogP contribution in [-0.4, -0.2) is 53.3 Å². The number of nitrogens with zero attached hydrogens (tertiary/aromatic N) is 4. The van der Waals surface area contributed by atoms with Gasteiger partial charge in [0.05, 0.1) is 32.1 Å². The van der Waals surface area contributed by atoms with Gasteiger partial charge in [0.25, 0.3) is 5.56 Å². The van der Waals surface area contributed by atoms with E-state index in [9.17, 15) is 9.59 Å². The molecule has 8 nitrogen and oxygen atoms in total. The van der Waals surface area contributed by atoms with Crippen molar-refractivity contribution in [2.75, 3.05) is 38.4 Å². The SMILES string of the molecule is CCCCCn1c(N(CCOCCOC)C(C)=O)cc(=O)n2cc(-c3ccc(Cl)cc3)nc12. The number of fused-ring (bicyclic) bond motifs is 1. The number of amides is 1. The predicted octanol–water partition coefficient (Wildman–Crippen LogP) is 4.02. The molecule has 3 aromatic rings. The summed E-state index contributed by atoms with van der Waals surface area (Å²) in [5.74, 6) is 0.868. The van der Waals surface area contributed by atoms with Gasteiger partial charge in [-0.15, -0.1) is 0 Å². The predicted molar refractivity (Wildman–Crippen MR) is 130 cm³/mol. The third-order valence-electron chi connectivity index (χ3n) is 5.37. The van der Waals surface area contributed by atoms with Gasteiger partial charge in [-0.05, 0) is 18.6 Å². The first-order valence-corrected chi connectivity index (χ1v) is 11.6. The Labute approximate surface area is 198 Å². The molecule has 0 radical (unpaired) electrons. The van der Waals surface area contributed by atoms with Crippen molar-refractivity contribution in [3.05, 3.63) is 51.9 Å². The summed E-state index contributed by atoms with van der Waals surface area (Å²) in [5.41, 5.74) is 1.28. The number of ether oxygens (including phenoxy) is 2. The molecule has 178 valence electrons. The Morgan fingerprint density at radius 3 is 2.58 bits per heavy atom. The number of hydrogen-bond acceptors (Lipinski definition) is 5. The third kappa shape index (κ3) is 6.22. The van der Waals surface area contributed by atoms with E-state index < -0.39 is 0 Å². The van der Waals surface area contributed by atoms with Gasteiger partial charge in [0, 0.05) is 43.4 Å². The van der Waals surface area contributed by atoms with Crippen molar-refractivity contribution in [1.29, 1.82) is 0 Å². The molecule has 0 unspecified atom stereocenters. The van der Waals surface area contributed by atoms with Crippen LogP contribution in [0.15, 0.2) is 41.3 Å². The van der Waals surface area contributed by atoms with Crippen LogP contribution < -0.4 is 10.5 Å². The molecule has 0 aliphatic carbocycles. The molecular weight excluding hydrogens is 444 g/mol. The number of carbonyl (C=O) groups is 1. The fourth-order valence-electron chi connectivity index (χ4n) is 3.63. The first-order valence-electron chi connectivity index (χ1n) is 11.2. The topological polar surface area (TPSA) is 78.1 Å². The van der Waals surface area contributed by atoms with Gasteiger partial charge in [-0.2, -0.15) is 0 Å². The summed E-state index contributed by atoms with van der Waals surface area (Å²) in [4.78, 5) is 31.9. The van der Waals surface area contributed by atoms with Gasteiger partial charge in [-0.1, -0.05) is 43.5 Å². The van der Waals surface area contributed by atoms with E-state index in [2.05, 4.69) is 6.92 Å². The highest BCUT2D eigenvalue weighted by molar-refractivity contribution is 6.30. The third-order valence-corrected chi connectivity index (χ3v) is 5.62. The Hall–Kier alpha value is -2.68. The molecule has 1 aromatic carbocycles. The average molecular weight is 475 g/mol. The number of aryl methyl sites for hydroxylation is 1. The summed E-state index contributed by atoms with van der Waals surface area (Å²) >= 11 is 6.02.